The number of piperidine rings is 1. The summed E-state index contributed by atoms with van der Waals surface area (Å²) in [6.45, 7) is 4.31. The Hall–Kier alpha value is -1.14. The van der Waals surface area contributed by atoms with Crippen molar-refractivity contribution >= 4 is 16.7 Å². The van der Waals surface area contributed by atoms with Crippen LogP contribution in [0, 0.1) is 0 Å². The van der Waals surface area contributed by atoms with Gasteiger partial charge in [0.2, 0.25) is 0 Å². The van der Waals surface area contributed by atoms with Crippen LogP contribution in [0.5, 0.6) is 0 Å². The maximum Gasteiger partial charge on any atom is 0.267 e. The van der Waals surface area contributed by atoms with E-state index < -0.39 is 10.8 Å². The Labute approximate surface area is 122 Å². The molecule has 0 radical (unpaired) electrons. The molecule has 2 rings (SSSR count). The van der Waals surface area contributed by atoms with Gasteiger partial charge in [0.25, 0.3) is 5.91 Å². The molecule has 0 bridgehead atoms. The van der Waals surface area contributed by atoms with Gasteiger partial charge in [0.1, 0.15) is 5.69 Å². The van der Waals surface area contributed by atoms with Gasteiger partial charge in [-0.25, -0.2) is 0 Å². The molecule has 2 heterocycles. The van der Waals surface area contributed by atoms with Gasteiger partial charge in [-0.1, -0.05) is 0 Å². The Bertz CT molecular complexity index is 481. The quantitative estimate of drug-likeness (QED) is 0.849. The number of aromatic nitrogens is 1. The fourth-order valence-corrected chi connectivity index (χ4v) is 2.75. The standard InChI is InChI=1S/C14H23N3O2S/c1-11(20(2)19)10-16-14(18)13-4-3-9-17(13)12-5-7-15-8-6-12/h3-4,9,11-12,15H,5-8,10H2,1-2H3,(H,16,18). The minimum absolute atomic E-state index is 0.0266. The number of carbonyl (C=O) groups is 1. The number of hydrogen-bond donors (Lipinski definition) is 2. The Morgan fingerprint density at radius 3 is 2.90 bits per heavy atom. The number of amides is 1. The molecule has 1 amide bonds. The van der Waals surface area contributed by atoms with Gasteiger partial charge in [-0.3, -0.25) is 9.00 Å². The normalized spacial score (nSPS) is 19.5. The molecule has 0 aromatic carbocycles. The molecule has 0 saturated carbocycles. The number of nitrogens with one attached hydrogen (secondary N) is 2. The van der Waals surface area contributed by atoms with E-state index in [9.17, 15) is 9.00 Å². The Kier molecular flexibility index (Phi) is 5.37. The molecule has 0 spiro atoms. The fraction of sp³-hybridized carbons (Fsp3) is 0.643. The number of carbonyl (C=O) groups excluding carboxylic acids is 1. The second-order valence-corrected chi connectivity index (χ2v) is 7.10. The van der Waals surface area contributed by atoms with E-state index in [0.717, 1.165) is 25.9 Å². The molecule has 1 aliphatic heterocycles. The van der Waals surface area contributed by atoms with Gasteiger partial charge in [0, 0.05) is 41.1 Å². The van der Waals surface area contributed by atoms with Crippen LogP contribution in [0.25, 0.3) is 0 Å². The van der Waals surface area contributed by atoms with E-state index >= 15 is 0 Å². The van der Waals surface area contributed by atoms with E-state index in [1.54, 1.807) is 6.26 Å². The van der Waals surface area contributed by atoms with Crippen LogP contribution in [0.3, 0.4) is 0 Å². The molecule has 0 aliphatic carbocycles. The van der Waals surface area contributed by atoms with E-state index in [0.29, 0.717) is 18.3 Å². The second-order valence-electron chi connectivity index (χ2n) is 5.30. The molecule has 1 aliphatic rings. The first kappa shape index (κ1) is 15.3. The summed E-state index contributed by atoms with van der Waals surface area (Å²) in [6, 6.07) is 4.16. The molecule has 1 fully saturated rings. The van der Waals surface area contributed by atoms with Crippen LogP contribution in [0.2, 0.25) is 0 Å². The Morgan fingerprint density at radius 2 is 2.25 bits per heavy atom. The molecule has 1 saturated heterocycles. The zero-order valence-electron chi connectivity index (χ0n) is 12.1. The maximum absolute atomic E-state index is 12.2. The van der Waals surface area contributed by atoms with Gasteiger partial charge >= 0.3 is 0 Å². The monoisotopic (exact) mass is 297 g/mol. The van der Waals surface area contributed by atoms with Crippen LogP contribution in [-0.2, 0) is 10.8 Å². The van der Waals surface area contributed by atoms with Gasteiger partial charge in [-0.2, -0.15) is 0 Å². The molecule has 1 aromatic rings. The molecule has 2 unspecified atom stereocenters. The summed E-state index contributed by atoms with van der Waals surface area (Å²) in [4.78, 5) is 12.2. The van der Waals surface area contributed by atoms with Gasteiger partial charge < -0.3 is 15.2 Å². The summed E-state index contributed by atoms with van der Waals surface area (Å²) in [7, 11) is -0.913. The first-order valence-electron chi connectivity index (χ1n) is 7.07. The van der Waals surface area contributed by atoms with Crippen LogP contribution >= 0.6 is 0 Å². The van der Waals surface area contributed by atoms with Crippen molar-refractivity contribution in [2.24, 2.45) is 0 Å². The largest absolute Gasteiger partial charge is 0.350 e. The number of hydrogen-bond acceptors (Lipinski definition) is 3. The topological polar surface area (TPSA) is 63.1 Å². The van der Waals surface area contributed by atoms with Crippen LogP contribution in [-0.4, -0.2) is 45.8 Å². The maximum atomic E-state index is 12.2. The van der Waals surface area contributed by atoms with Crippen LogP contribution < -0.4 is 10.6 Å². The minimum atomic E-state index is -0.913. The van der Waals surface area contributed by atoms with Crippen LogP contribution in [0.1, 0.15) is 36.3 Å². The van der Waals surface area contributed by atoms with Crippen molar-refractivity contribution in [3.63, 3.8) is 0 Å². The van der Waals surface area contributed by atoms with Crippen molar-refractivity contribution in [2.45, 2.75) is 31.1 Å². The average Bonchev–Trinajstić information content (AvgIpc) is 2.94. The van der Waals surface area contributed by atoms with Crippen molar-refractivity contribution in [1.29, 1.82) is 0 Å². The first-order chi connectivity index (χ1) is 9.59. The third kappa shape index (κ3) is 3.70. The van der Waals surface area contributed by atoms with Crippen molar-refractivity contribution in [3.8, 4) is 0 Å². The number of nitrogens with zero attached hydrogens (tertiary/aromatic N) is 1. The predicted octanol–water partition coefficient (Wildman–Crippen LogP) is 0.909. The lowest BCUT2D eigenvalue weighted by atomic mass is 10.1. The lowest BCUT2D eigenvalue weighted by Gasteiger charge is -2.26. The molecule has 5 nitrogen and oxygen atoms in total. The first-order valence-corrected chi connectivity index (χ1v) is 8.69. The highest BCUT2D eigenvalue weighted by molar-refractivity contribution is 7.84. The molecular formula is C14H23N3O2S. The minimum Gasteiger partial charge on any atom is -0.350 e. The third-order valence-electron chi connectivity index (χ3n) is 3.83. The van der Waals surface area contributed by atoms with E-state index in [1.165, 1.54) is 0 Å². The molecule has 6 heteroatoms. The second kappa shape index (κ2) is 7.04. The Balaban J connectivity index is 1.99. The summed E-state index contributed by atoms with van der Waals surface area (Å²) in [5.74, 6) is -0.0779. The molecule has 2 atom stereocenters. The SMILES string of the molecule is CC(CNC(=O)c1cccn1C1CCNCC1)S(C)=O. The summed E-state index contributed by atoms with van der Waals surface area (Å²) < 4.78 is 13.4. The fourth-order valence-electron chi connectivity index (χ4n) is 2.43. The summed E-state index contributed by atoms with van der Waals surface area (Å²) in [5.41, 5.74) is 0.700. The van der Waals surface area contributed by atoms with Crippen molar-refractivity contribution < 1.29 is 9.00 Å². The molecule has 1 aromatic heterocycles. The highest BCUT2D eigenvalue weighted by Gasteiger charge is 2.20. The summed E-state index contributed by atoms with van der Waals surface area (Å²) in [6.07, 6.45) is 5.73. The number of rotatable bonds is 5. The van der Waals surface area contributed by atoms with Gasteiger partial charge in [0.15, 0.2) is 0 Å². The zero-order valence-corrected chi connectivity index (χ0v) is 12.9. The van der Waals surface area contributed by atoms with E-state index in [-0.39, 0.29) is 11.2 Å². The highest BCUT2D eigenvalue weighted by atomic mass is 32.2. The molecular weight excluding hydrogens is 274 g/mol. The Morgan fingerprint density at radius 1 is 1.55 bits per heavy atom. The predicted molar refractivity (Wildman–Crippen MR) is 81.4 cm³/mol. The van der Waals surface area contributed by atoms with E-state index in [1.807, 2.05) is 25.3 Å². The smallest absolute Gasteiger partial charge is 0.267 e. The lowest BCUT2D eigenvalue weighted by Crippen LogP contribution is -2.35. The zero-order chi connectivity index (χ0) is 14.5. The van der Waals surface area contributed by atoms with Crippen LogP contribution in [0.15, 0.2) is 18.3 Å². The summed E-state index contributed by atoms with van der Waals surface area (Å²) in [5, 5.41) is 6.18. The van der Waals surface area contributed by atoms with Crippen molar-refractivity contribution in [2.75, 3.05) is 25.9 Å². The van der Waals surface area contributed by atoms with Gasteiger partial charge in [0.05, 0.1) is 0 Å². The van der Waals surface area contributed by atoms with Gasteiger partial charge in [-0.05, 0) is 45.0 Å². The van der Waals surface area contributed by atoms with Crippen molar-refractivity contribution in [1.82, 2.24) is 15.2 Å². The van der Waals surface area contributed by atoms with Crippen LogP contribution in [0.4, 0.5) is 0 Å². The third-order valence-corrected chi connectivity index (χ3v) is 5.13. The van der Waals surface area contributed by atoms with E-state index in [4.69, 9.17) is 0 Å². The molecule has 2 N–H and O–H groups in total. The van der Waals surface area contributed by atoms with Crippen molar-refractivity contribution in [3.05, 3.63) is 24.0 Å². The average molecular weight is 297 g/mol. The molecule has 112 valence electrons. The summed E-state index contributed by atoms with van der Waals surface area (Å²) >= 11 is 0. The highest BCUT2D eigenvalue weighted by Crippen LogP contribution is 2.21. The van der Waals surface area contributed by atoms with Gasteiger partial charge in [-0.15, -0.1) is 0 Å². The lowest BCUT2D eigenvalue weighted by molar-refractivity contribution is 0.0941. The van der Waals surface area contributed by atoms with E-state index in [2.05, 4.69) is 15.2 Å². The molecule has 20 heavy (non-hydrogen) atoms.